The van der Waals surface area contributed by atoms with Gasteiger partial charge in [-0.2, -0.15) is 0 Å². The van der Waals surface area contributed by atoms with Gasteiger partial charge in [0.2, 0.25) is 0 Å². The van der Waals surface area contributed by atoms with E-state index in [1.807, 2.05) is 38.1 Å². The van der Waals surface area contributed by atoms with Gasteiger partial charge < -0.3 is 10.0 Å². The summed E-state index contributed by atoms with van der Waals surface area (Å²) in [6.07, 6.45) is 1.67. The van der Waals surface area contributed by atoms with Crippen molar-refractivity contribution in [2.24, 2.45) is 0 Å². The van der Waals surface area contributed by atoms with Crippen LogP contribution in [0, 0.1) is 6.92 Å². The average molecular weight is 414 g/mol. The van der Waals surface area contributed by atoms with Gasteiger partial charge in [-0.3, -0.25) is 10.1 Å². The SMILES string of the molecule is Cc1ccc(C(=O)O)cc1Sc1cnc(NC(=O)c2ccc(N(C)C)cc2)s1. The van der Waals surface area contributed by atoms with Crippen LogP contribution in [-0.4, -0.2) is 36.1 Å². The van der Waals surface area contributed by atoms with Crippen LogP contribution < -0.4 is 10.2 Å². The van der Waals surface area contributed by atoms with Gasteiger partial charge in [0.25, 0.3) is 5.91 Å². The highest BCUT2D eigenvalue weighted by molar-refractivity contribution is 8.01. The number of benzene rings is 2. The minimum absolute atomic E-state index is 0.222. The van der Waals surface area contributed by atoms with Crippen LogP contribution in [0.3, 0.4) is 0 Å². The van der Waals surface area contributed by atoms with Gasteiger partial charge in [0.15, 0.2) is 5.13 Å². The topological polar surface area (TPSA) is 82.5 Å². The molecule has 0 bridgehead atoms. The van der Waals surface area contributed by atoms with Crippen molar-refractivity contribution in [1.82, 2.24) is 4.98 Å². The molecule has 0 radical (unpaired) electrons. The van der Waals surface area contributed by atoms with E-state index in [9.17, 15) is 9.59 Å². The van der Waals surface area contributed by atoms with Crippen molar-refractivity contribution in [3.8, 4) is 0 Å². The molecular weight excluding hydrogens is 394 g/mol. The number of carbonyl (C=O) groups is 2. The van der Waals surface area contributed by atoms with E-state index < -0.39 is 5.97 Å². The van der Waals surface area contributed by atoms with Gasteiger partial charge in [0, 0.05) is 30.2 Å². The Morgan fingerprint density at radius 2 is 1.79 bits per heavy atom. The summed E-state index contributed by atoms with van der Waals surface area (Å²) in [5.41, 5.74) is 2.80. The molecule has 0 aliphatic heterocycles. The minimum atomic E-state index is -0.959. The third-order valence-corrected chi connectivity index (χ3v) is 6.17. The highest BCUT2D eigenvalue weighted by atomic mass is 32.2. The fraction of sp³-hybridized carbons (Fsp3) is 0.150. The molecule has 1 aromatic heterocycles. The summed E-state index contributed by atoms with van der Waals surface area (Å²) >= 11 is 2.78. The number of nitrogens with one attached hydrogen (secondary N) is 1. The number of thiazole rings is 1. The number of amides is 1. The molecule has 144 valence electrons. The van der Waals surface area contributed by atoms with Crippen molar-refractivity contribution in [3.05, 3.63) is 65.4 Å². The van der Waals surface area contributed by atoms with Gasteiger partial charge in [-0.15, -0.1) is 0 Å². The predicted octanol–water partition coefficient (Wildman–Crippen LogP) is 4.62. The standard InChI is InChI=1S/C20H19N3O3S2/c1-12-4-5-14(19(25)26)10-16(12)27-17-11-21-20(28-17)22-18(24)13-6-8-15(9-7-13)23(2)3/h4-11H,1-3H3,(H,25,26)(H,21,22,24). The maximum Gasteiger partial charge on any atom is 0.335 e. The fourth-order valence-electron chi connectivity index (χ4n) is 2.40. The Labute approximate surface area is 171 Å². The number of hydrogen-bond donors (Lipinski definition) is 2. The maximum atomic E-state index is 12.4. The van der Waals surface area contributed by atoms with Crippen LogP contribution in [-0.2, 0) is 0 Å². The van der Waals surface area contributed by atoms with E-state index >= 15 is 0 Å². The number of carboxylic acid groups (broad SMARTS) is 1. The number of aromatic carboxylic acids is 1. The van der Waals surface area contributed by atoms with Gasteiger partial charge in [-0.05, 0) is 48.9 Å². The molecule has 0 fully saturated rings. The van der Waals surface area contributed by atoms with Crippen molar-refractivity contribution in [1.29, 1.82) is 0 Å². The van der Waals surface area contributed by atoms with E-state index in [-0.39, 0.29) is 11.5 Å². The Bertz CT molecular complexity index is 1010. The minimum Gasteiger partial charge on any atom is -0.478 e. The van der Waals surface area contributed by atoms with Crippen LogP contribution >= 0.6 is 23.1 Å². The van der Waals surface area contributed by atoms with Crippen molar-refractivity contribution in [2.45, 2.75) is 16.0 Å². The second-order valence-corrected chi connectivity index (χ2v) is 8.64. The van der Waals surface area contributed by atoms with E-state index in [0.717, 1.165) is 20.4 Å². The van der Waals surface area contributed by atoms with Crippen LogP contribution in [0.5, 0.6) is 0 Å². The lowest BCUT2D eigenvalue weighted by molar-refractivity contribution is 0.0696. The van der Waals surface area contributed by atoms with Gasteiger partial charge in [0.05, 0.1) is 16.0 Å². The van der Waals surface area contributed by atoms with Crippen LogP contribution in [0.25, 0.3) is 0 Å². The molecule has 6 nitrogen and oxygen atoms in total. The summed E-state index contributed by atoms with van der Waals surface area (Å²) in [6, 6.07) is 12.3. The molecule has 0 atom stereocenters. The fourth-order valence-corrected chi connectivity index (χ4v) is 4.35. The molecule has 0 unspecified atom stereocenters. The van der Waals surface area contributed by atoms with Crippen LogP contribution in [0.2, 0.25) is 0 Å². The molecule has 3 aromatic rings. The van der Waals surface area contributed by atoms with Gasteiger partial charge >= 0.3 is 5.97 Å². The molecule has 0 aliphatic rings. The largest absolute Gasteiger partial charge is 0.478 e. The van der Waals surface area contributed by atoms with Gasteiger partial charge in [-0.25, -0.2) is 9.78 Å². The second kappa shape index (κ2) is 8.45. The molecule has 8 heteroatoms. The van der Waals surface area contributed by atoms with Crippen LogP contribution in [0.4, 0.5) is 10.8 Å². The normalized spacial score (nSPS) is 10.5. The number of carboxylic acids is 1. The molecule has 3 rings (SSSR count). The van der Waals surface area contributed by atoms with Crippen molar-refractivity contribution >= 4 is 45.8 Å². The molecule has 28 heavy (non-hydrogen) atoms. The molecule has 1 amide bonds. The zero-order chi connectivity index (χ0) is 20.3. The van der Waals surface area contributed by atoms with Crippen molar-refractivity contribution < 1.29 is 14.7 Å². The second-order valence-electron chi connectivity index (χ2n) is 6.27. The Kier molecular flexibility index (Phi) is 6.01. The Morgan fingerprint density at radius 1 is 1.11 bits per heavy atom. The lowest BCUT2D eigenvalue weighted by Crippen LogP contribution is -2.12. The first-order chi connectivity index (χ1) is 13.3. The summed E-state index contributed by atoms with van der Waals surface area (Å²) in [7, 11) is 3.88. The molecule has 2 aromatic carbocycles. The quantitative estimate of drug-likeness (QED) is 0.614. The lowest BCUT2D eigenvalue weighted by atomic mass is 10.1. The van der Waals surface area contributed by atoms with E-state index in [0.29, 0.717) is 10.7 Å². The molecule has 0 aliphatic carbocycles. The number of hydrogen-bond acceptors (Lipinski definition) is 6. The molecule has 0 saturated heterocycles. The first-order valence-electron chi connectivity index (χ1n) is 8.40. The Hall–Kier alpha value is -2.84. The van der Waals surface area contributed by atoms with Gasteiger partial charge in [-0.1, -0.05) is 29.2 Å². The smallest absolute Gasteiger partial charge is 0.335 e. The Morgan fingerprint density at radius 3 is 2.43 bits per heavy atom. The van der Waals surface area contributed by atoms with Gasteiger partial charge in [0.1, 0.15) is 0 Å². The monoisotopic (exact) mass is 413 g/mol. The zero-order valence-corrected chi connectivity index (χ0v) is 17.2. The van der Waals surface area contributed by atoms with Crippen molar-refractivity contribution in [2.75, 3.05) is 24.3 Å². The van der Waals surface area contributed by atoms with Crippen LogP contribution in [0.1, 0.15) is 26.3 Å². The Balaban J connectivity index is 1.70. The van der Waals surface area contributed by atoms with E-state index in [1.165, 1.54) is 23.1 Å². The third-order valence-electron chi connectivity index (χ3n) is 4.00. The highest BCUT2D eigenvalue weighted by Gasteiger charge is 2.12. The number of rotatable bonds is 6. The summed E-state index contributed by atoms with van der Waals surface area (Å²) in [4.78, 5) is 30.6. The number of aromatic nitrogens is 1. The maximum absolute atomic E-state index is 12.4. The number of aryl methyl sites for hydroxylation is 1. The summed E-state index contributed by atoms with van der Waals surface area (Å²) in [5.74, 6) is -1.18. The predicted molar refractivity (Wildman–Crippen MR) is 113 cm³/mol. The first kappa shape index (κ1) is 19.9. The molecule has 0 spiro atoms. The first-order valence-corrected chi connectivity index (χ1v) is 10.0. The molecule has 1 heterocycles. The number of carbonyl (C=O) groups excluding carboxylic acids is 1. The molecular formula is C20H19N3O3S2. The lowest BCUT2D eigenvalue weighted by Gasteiger charge is -2.12. The van der Waals surface area contributed by atoms with Crippen LogP contribution in [0.15, 0.2) is 57.8 Å². The third kappa shape index (κ3) is 4.71. The molecule has 0 saturated carbocycles. The number of anilines is 2. The van der Waals surface area contributed by atoms with E-state index in [1.54, 1.807) is 36.5 Å². The summed E-state index contributed by atoms with van der Waals surface area (Å²) in [5, 5.41) is 12.5. The average Bonchev–Trinajstić information content (AvgIpc) is 3.10. The van der Waals surface area contributed by atoms with E-state index in [2.05, 4.69) is 10.3 Å². The van der Waals surface area contributed by atoms with Crippen molar-refractivity contribution in [3.63, 3.8) is 0 Å². The summed E-state index contributed by atoms with van der Waals surface area (Å²) < 4.78 is 0.865. The van der Waals surface area contributed by atoms with E-state index in [4.69, 9.17) is 5.11 Å². The molecule has 2 N–H and O–H groups in total. The highest BCUT2D eigenvalue weighted by Crippen LogP contribution is 2.36. The summed E-state index contributed by atoms with van der Waals surface area (Å²) in [6.45, 7) is 1.93. The zero-order valence-electron chi connectivity index (χ0n) is 15.6. The number of nitrogens with zero attached hydrogens (tertiary/aromatic N) is 2.